The molecule has 1 aromatic heterocycles. The minimum atomic E-state index is -4.60. The largest absolute Gasteiger partial charge is 0.433 e. The van der Waals surface area contributed by atoms with Crippen molar-refractivity contribution in [1.29, 1.82) is 0 Å². The molecule has 1 saturated heterocycles. The molecule has 0 aliphatic carbocycles. The second-order valence-corrected chi connectivity index (χ2v) is 8.42. The maximum absolute atomic E-state index is 13.4. The number of amides is 2. The van der Waals surface area contributed by atoms with Gasteiger partial charge < -0.3 is 10.6 Å². The van der Waals surface area contributed by atoms with Gasteiger partial charge in [-0.1, -0.05) is 42.5 Å². The summed E-state index contributed by atoms with van der Waals surface area (Å²) in [5, 5.41) is 6.40. The van der Waals surface area contributed by atoms with Crippen LogP contribution in [0.25, 0.3) is 10.9 Å². The number of nitrogens with one attached hydrogen (secondary N) is 2. The summed E-state index contributed by atoms with van der Waals surface area (Å²) >= 11 is 0. The van der Waals surface area contributed by atoms with E-state index in [9.17, 15) is 22.8 Å². The van der Waals surface area contributed by atoms with Gasteiger partial charge in [0.2, 0.25) is 11.8 Å². The molecule has 0 radical (unpaired) electrons. The van der Waals surface area contributed by atoms with E-state index in [1.807, 2.05) is 6.07 Å². The SMILES string of the molecule is O=C(Nc1cccc(Nc2cc(C(F)(F)F)nc3ccccc23)c1)C1CCC(=O)N1c1ccccc1. The first-order valence-electron chi connectivity index (χ1n) is 11.3. The minimum Gasteiger partial charge on any atom is -0.355 e. The molecule has 9 heteroatoms. The lowest BCUT2D eigenvalue weighted by Crippen LogP contribution is -2.41. The fraction of sp³-hybridized carbons (Fsp3) is 0.148. The minimum absolute atomic E-state index is 0.123. The molecule has 2 N–H and O–H groups in total. The number of anilines is 4. The van der Waals surface area contributed by atoms with Crippen LogP contribution in [0.1, 0.15) is 18.5 Å². The molecule has 1 aliphatic rings. The van der Waals surface area contributed by atoms with Crippen molar-refractivity contribution in [2.24, 2.45) is 0 Å². The lowest BCUT2D eigenvalue weighted by molar-refractivity contribution is -0.140. The molecule has 0 bridgehead atoms. The highest BCUT2D eigenvalue weighted by Gasteiger charge is 2.37. The van der Waals surface area contributed by atoms with Gasteiger partial charge in [0.15, 0.2) is 0 Å². The van der Waals surface area contributed by atoms with Crippen molar-refractivity contribution in [3.8, 4) is 0 Å². The standard InChI is InChI=1S/C27H21F3N4O2/c28-27(29,30)24-16-22(20-11-4-5-12-21(20)33-24)31-17-7-6-8-18(15-17)32-26(36)23-13-14-25(35)34(23)19-9-2-1-3-10-19/h1-12,15-16,23H,13-14H2,(H,31,33)(H,32,36). The quantitative estimate of drug-likeness (QED) is 0.353. The first-order valence-corrected chi connectivity index (χ1v) is 11.3. The van der Waals surface area contributed by atoms with E-state index in [4.69, 9.17) is 0 Å². The number of carbonyl (C=O) groups excluding carboxylic acids is 2. The number of halogens is 3. The van der Waals surface area contributed by atoms with Crippen LogP contribution in [0.15, 0.2) is 84.9 Å². The smallest absolute Gasteiger partial charge is 0.355 e. The molecule has 0 spiro atoms. The lowest BCUT2D eigenvalue weighted by atomic mass is 10.1. The molecule has 6 nitrogen and oxygen atoms in total. The van der Waals surface area contributed by atoms with Crippen LogP contribution in [-0.4, -0.2) is 22.8 Å². The van der Waals surface area contributed by atoms with Crippen LogP contribution in [0.2, 0.25) is 0 Å². The molecule has 5 rings (SSSR count). The molecule has 2 heterocycles. The molecule has 1 atom stereocenters. The van der Waals surface area contributed by atoms with Crippen molar-refractivity contribution in [2.75, 3.05) is 15.5 Å². The molecule has 0 saturated carbocycles. The molecule has 36 heavy (non-hydrogen) atoms. The van der Waals surface area contributed by atoms with Gasteiger partial charge in [0, 0.05) is 28.9 Å². The first-order chi connectivity index (χ1) is 17.3. The predicted molar refractivity (Wildman–Crippen MR) is 132 cm³/mol. The normalized spacial score (nSPS) is 15.8. The van der Waals surface area contributed by atoms with Gasteiger partial charge in [-0.05, 0) is 48.9 Å². The van der Waals surface area contributed by atoms with E-state index in [1.54, 1.807) is 66.7 Å². The van der Waals surface area contributed by atoms with Crippen molar-refractivity contribution < 1.29 is 22.8 Å². The molecule has 182 valence electrons. The zero-order valence-corrected chi connectivity index (χ0v) is 18.9. The summed E-state index contributed by atoms with van der Waals surface area (Å²) in [6.45, 7) is 0. The van der Waals surface area contributed by atoms with Crippen LogP contribution in [0.4, 0.5) is 35.9 Å². The van der Waals surface area contributed by atoms with Gasteiger partial charge in [-0.3, -0.25) is 14.5 Å². The Morgan fingerprint density at radius 1 is 0.917 bits per heavy atom. The van der Waals surface area contributed by atoms with Gasteiger partial charge in [-0.2, -0.15) is 13.2 Å². The summed E-state index contributed by atoms with van der Waals surface area (Å²) in [4.78, 5) is 30.8. The van der Waals surface area contributed by atoms with Gasteiger partial charge >= 0.3 is 6.18 Å². The van der Waals surface area contributed by atoms with E-state index in [0.717, 1.165) is 6.07 Å². The summed E-state index contributed by atoms with van der Waals surface area (Å²) in [5.41, 5.74) is 1.05. The number of hydrogen-bond acceptors (Lipinski definition) is 4. The number of fused-ring (bicyclic) bond motifs is 1. The van der Waals surface area contributed by atoms with Gasteiger partial charge in [0.05, 0.1) is 11.2 Å². The number of benzene rings is 3. The average Bonchev–Trinajstić information content (AvgIpc) is 3.25. The fourth-order valence-corrected chi connectivity index (χ4v) is 4.32. The topological polar surface area (TPSA) is 74.3 Å². The third kappa shape index (κ3) is 4.72. The van der Waals surface area contributed by atoms with E-state index in [2.05, 4.69) is 15.6 Å². The van der Waals surface area contributed by atoms with Crippen LogP contribution in [0.5, 0.6) is 0 Å². The highest BCUT2D eigenvalue weighted by atomic mass is 19.4. The van der Waals surface area contributed by atoms with Crippen molar-refractivity contribution in [1.82, 2.24) is 4.98 Å². The third-order valence-corrected chi connectivity index (χ3v) is 5.96. The zero-order valence-electron chi connectivity index (χ0n) is 18.9. The van der Waals surface area contributed by atoms with Crippen LogP contribution in [0, 0.1) is 0 Å². The Morgan fingerprint density at radius 3 is 2.42 bits per heavy atom. The Kier molecular flexibility index (Phi) is 6.05. The highest BCUT2D eigenvalue weighted by Crippen LogP contribution is 2.34. The van der Waals surface area contributed by atoms with E-state index < -0.39 is 17.9 Å². The summed E-state index contributed by atoms with van der Waals surface area (Å²) in [6.07, 6.45) is -3.94. The van der Waals surface area contributed by atoms with Crippen LogP contribution in [0.3, 0.4) is 0 Å². The Balaban J connectivity index is 1.39. The van der Waals surface area contributed by atoms with Gasteiger partial charge in [0.1, 0.15) is 11.7 Å². The zero-order chi connectivity index (χ0) is 25.3. The Morgan fingerprint density at radius 2 is 1.64 bits per heavy atom. The maximum atomic E-state index is 13.4. The van der Waals surface area contributed by atoms with Crippen LogP contribution >= 0.6 is 0 Å². The number of hydrogen-bond donors (Lipinski definition) is 2. The lowest BCUT2D eigenvalue weighted by Gasteiger charge is -2.24. The number of para-hydroxylation sites is 2. The molecule has 4 aromatic rings. The second kappa shape index (κ2) is 9.33. The summed E-state index contributed by atoms with van der Waals surface area (Å²) in [5.74, 6) is -0.461. The highest BCUT2D eigenvalue weighted by molar-refractivity contribution is 6.07. The predicted octanol–water partition coefficient (Wildman–Crippen LogP) is 6.13. The number of nitrogens with zero attached hydrogens (tertiary/aromatic N) is 2. The number of rotatable bonds is 5. The number of aromatic nitrogens is 1. The number of alkyl halides is 3. The van der Waals surface area contributed by atoms with Gasteiger partial charge in [0.25, 0.3) is 0 Å². The maximum Gasteiger partial charge on any atom is 0.433 e. The van der Waals surface area contributed by atoms with E-state index in [-0.39, 0.29) is 29.4 Å². The Bertz CT molecular complexity index is 1440. The van der Waals surface area contributed by atoms with E-state index in [1.165, 1.54) is 11.0 Å². The van der Waals surface area contributed by atoms with Crippen molar-refractivity contribution in [2.45, 2.75) is 25.1 Å². The third-order valence-electron chi connectivity index (χ3n) is 5.96. The van der Waals surface area contributed by atoms with Gasteiger partial charge in [-0.25, -0.2) is 4.98 Å². The van der Waals surface area contributed by atoms with Gasteiger partial charge in [-0.15, -0.1) is 0 Å². The van der Waals surface area contributed by atoms with E-state index in [0.29, 0.717) is 28.9 Å². The first kappa shape index (κ1) is 23.3. The molecule has 3 aromatic carbocycles. The Labute approximate surface area is 204 Å². The summed E-state index contributed by atoms with van der Waals surface area (Å²) in [7, 11) is 0. The summed E-state index contributed by atoms with van der Waals surface area (Å²) in [6, 6.07) is 22.5. The Hall–Kier alpha value is -4.40. The van der Waals surface area contributed by atoms with Crippen LogP contribution in [-0.2, 0) is 15.8 Å². The molecular formula is C27H21F3N4O2. The van der Waals surface area contributed by atoms with E-state index >= 15 is 0 Å². The number of pyridine rings is 1. The fourth-order valence-electron chi connectivity index (χ4n) is 4.32. The molecular weight excluding hydrogens is 469 g/mol. The van der Waals surface area contributed by atoms with Crippen molar-refractivity contribution in [3.05, 3.63) is 90.6 Å². The van der Waals surface area contributed by atoms with Crippen molar-refractivity contribution >= 4 is 45.5 Å². The number of carbonyl (C=O) groups is 2. The molecule has 2 amide bonds. The van der Waals surface area contributed by atoms with Crippen LogP contribution < -0.4 is 15.5 Å². The summed E-state index contributed by atoms with van der Waals surface area (Å²) < 4.78 is 40.2. The molecule has 1 fully saturated rings. The molecule has 1 aliphatic heterocycles. The second-order valence-electron chi connectivity index (χ2n) is 8.42. The monoisotopic (exact) mass is 490 g/mol. The van der Waals surface area contributed by atoms with Crippen molar-refractivity contribution in [3.63, 3.8) is 0 Å². The molecule has 1 unspecified atom stereocenters. The average molecular weight is 490 g/mol.